The van der Waals surface area contributed by atoms with Crippen molar-refractivity contribution in [3.8, 4) is 0 Å². The number of aryl methyl sites for hydroxylation is 1. The SMILES string of the molecule is Cn1cc(C(NC(=O)c2ccc(Br)cc2)C(=O)O)cn1. The molecule has 104 valence electrons. The third-order valence-electron chi connectivity index (χ3n) is 2.69. The van der Waals surface area contributed by atoms with Crippen molar-refractivity contribution in [2.24, 2.45) is 7.05 Å². The van der Waals surface area contributed by atoms with Gasteiger partial charge in [0.1, 0.15) is 0 Å². The maximum absolute atomic E-state index is 12.0. The van der Waals surface area contributed by atoms with Crippen LogP contribution < -0.4 is 5.32 Å². The predicted molar refractivity (Wildman–Crippen MR) is 75.2 cm³/mol. The highest BCUT2D eigenvalue weighted by atomic mass is 79.9. The van der Waals surface area contributed by atoms with Crippen LogP contribution in [0.15, 0.2) is 41.1 Å². The lowest BCUT2D eigenvalue weighted by atomic mass is 10.1. The minimum absolute atomic E-state index is 0.392. The number of carboxylic acids is 1. The molecule has 1 heterocycles. The minimum Gasteiger partial charge on any atom is -0.479 e. The molecule has 1 unspecified atom stereocenters. The molecule has 0 aliphatic heterocycles. The Bertz CT molecular complexity index is 637. The van der Waals surface area contributed by atoms with Gasteiger partial charge in [0, 0.05) is 28.8 Å². The summed E-state index contributed by atoms with van der Waals surface area (Å²) >= 11 is 3.27. The van der Waals surface area contributed by atoms with Crippen LogP contribution in [0.5, 0.6) is 0 Å². The second-order valence-electron chi connectivity index (χ2n) is 4.20. The van der Waals surface area contributed by atoms with Crippen molar-refractivity contribution in [1.82, 2.24) is 15.1 Å². The maximum atomic E-state index is 12.0. The Kier molecular flexibility index (Phi) is 4.19. The predicted octanol–water partition coefficient (Wildman–Crippen LogP) is 1.74. The van der Waals surface area contributed by atoms with Gasteiger partial charge in [-0.15, -0.1) is 0 Å². The summed E-state index contributed by atoms with van der Waals surface area (Å²) in [6.07, 6.45) is 2.97. The van der Waals surface area contributed by atoms with Crippen LogP contribution in [0.4, 0.5) is 0 Å². The van der Waals surface area contributed by atoms with Crippen LogP contribution in [-0.2, 0) is 11.8 Å². The Morgan fingerprint density at radius 3 is 2.50 bits per heavy atom. The van der Waals surface area contributed by atoms with Gasteiger partial charge in [0.2, 0.25) is 0 Å². The van der Waals surface area contributed by atoms with Crippen LogP contribution in [0.1, 0.15) is 22.0 Å². The van der Waals surface area contributed by atoms with Crippen LogP contribution in [0, 0.1) is 0 Å². The van der Waals surface area contributed by atoms with Gasteiger partial charge in [-0.2, -0.15) is 5.10 Å². The number of hydrogen-bond acceptors (Lipinski definition) is 3. The van der Waals surface area contributed by atoms with Crippen molar-refractivity contribution in [3.05, 3.63) is 52.3 Å². The van der Waals surface area contributed by atoms with Crippen molar-refractivity contribution >= 4 is 27.8 Å². The molecular formula is C13H12BrN3O3. The Balaban J connectivity index is 2.18. The fourth-order valence-corrected chi connectivity index (χ4v) is 1.96. The van der Waals surface area contributed by atoms with E-state index in [0.29, 0.717) is 11.1 Å². The molecule has 2 aromatic rings. The zero-order chi connectivity index (χ0) is 14.7. The summed E-state index contributed by atoms with van der Waals surface area (Å²) in [5, 5.41) is 15.6. The van der Waals surface area contributed by atoms with E-state index in [9.17, 15) is 14.7 Å². The third-order valence-corrected chi connectivity index (χ3v) is 3.22. The van der Waals surface area contributed by atoms with Crippen LogP contribution in [0.3, 0.4) is 0 Å². The summed E-state index contributed by atoms with van der Waals surface area (Å²) in [7, 11) is 1.68. The smallest absolute Gasteiger partial charge is 0.331 e. The molecule has 1 aromatic carbocycles. The van der Waals surface area contributed by atoms with Crippen molar-refractivity contribution in [3.63, 3.8) is 0 Å². The molecule has 2 rings (SSSR count). The van der Waals surface area contributed by atoms with E-state index in [1.165, 1.54) is 10.9 Å². The van der Waals surface area contributed by atoms with Crippen molar-refractivity contribution in [2.75, 3.05) is 0 Å². The third kappa shape index (κ3) is 3.24. The number of nitrogens with zero attached hydrogens (tertiary/aromatic N) is 2. The molecular weight excluding hydrogens is 326 g/mol. The number of carbonyl (C=O) groups is 2. The Hall–Kier alpha value is -2.15. The molecule has 0 saturated heterocycles. The van der Waals surface area contributed by atoms with E-state index in [4.69, 9.17) is 0 Å². The van der Waals surface area contributed by atoms with Gasteiger partial charge in [0.25, 0.3) is 5.91 Å². The molecule has 1 amide bonds. The molecule has 0 radical (unpaired) electrons. The van der Waals surface area contributed by atoms with Gasteiger partial charge >= 0.3 is 5.97 Å². The molecule has 2 N–H and O–H groups in total. The van der Waals surface area contributed by atoms with E-state index in [0.717, 1.165) is 4.47 Å². The van der Waals surface area contributed by atoms with E-state index in [2.05, 4.69) is 26.3 Å². The highest BCUT2D eigenvalue weighted by Gasteiger charge is 2.23. The summed E-state index contributed by atoms with van der Waals surface area (Å²) in [4.78, 5) is 23.3. The molecule has 0 saturated carbocycles. The summed E-state index contributed by atoms with van der Waals surface area (Å²) in [6.45, 7) is 0. The van der Waals surface area contributed by atoms with Crippen LogP contribution >= 0.6 is 15.9 Å². The fourth-order valence-electron chi connectivity index (χ4n) is 1.69. The Labute approximate surface area is 123 Å². The first kappa shape index (κ1) is 14.3. The van der Waals surface area contributed by atoms with Crippen LogP contribution in [0.25, 0.3) is 0 Å². The van der Waals surface area contributed by atoms with Gasteiger partial charge < -0.3 is 10.4 Å². The number of halogens is 1. The zero-order valence-electron chi connectivity index (χ0n) is 10.6. The summed E-state index contributed by atoms with van der Waals surface area (Å²) in [6, 6.07) is 5.53. The molecule has 0 aliphatic carbocycles. The first-order chi connectivity index (χ1) is 9.47. The number of aromatic nitrogens is 2. The number of benzene rings is 1. The van der Waals surface area contributed by atoms with Crippen molar-refractivity contribution < 1.29 is 14.7 Å². The molecule has 0 aliphatic rings. The van der Waals surface area contributed by atoms with Gasteiger partial charge in [-0.25, -0.2) is 4.79 Å². The normalized spacial score (nSPS) is 11.9. The molecule has 1 aromatic heterocycles. The number of aliphatic carboxylic acids is 1. The lowest BCUT2D eigenvalue weighted by Crippen LogP contribution is -2.33. The molecule has 0 spiro atoms. The lowest BCUT2D eigenvalue weighted by molar-refractivity contribution is -0.139. The molecule has 6 nitrogen and oxygen atoms in total. The van der Waals surface area contributed by atoms with Gasteiger partial charge in [-0.05, 0) is 24.3 Å². The van der Waals surface area contributed by atoms with Gasteiger partial charge in [0.05, 0.1) is 6.20 Å². The van der Waals surface area contributed by atoms with E-state index < -0.39 is 17.9 Å². The Morgan fingerprint density at radius 2 is 2.00 bits per heavy atom. The molecule has 0 fully saturated rings. The highest BCUT2D eigenvalue weighted by molar-refractivity contribution is 9.10. The second kappa shape index (κ2) is 5.87. The standard InChI is InChI=1S/C13H12BrN3O3/c1-17-7-9(6-15-17)11(13(19)20)16-12(18)8-2-4-10(14)5-3-8/h2-7,11H,1H3,(H,16,18)(H,19,20). The number of nitrogens with one attached hydrogen (secondary N) is 1. The largest absolute Gasteiger partial charge is 0.479 e. The van der Waals surface area contributed by atoms with Crippen molar-refractivity contribution in [1.29, 1.82) is 0 Å². The summed E-state index contributed by atoms with van der Waals surface area (Å²) < 4.78 is 2.33. The number of carbonyl (C=O) groups excluding carboxylic acids is 1. The Morgan fingerprint density at radius 1 is 1.35 bits per heavy atom. The molecule has 20 heavy (non-hydrogen) atoms. The topological polar surface area (TPSA) is 84.2 Å². The number of hydrogen-bond donors (Lipinski definition) is 2. The van der Waals surface area contributed by atoms with Gasteiger partial charge in [-0.1, -0.05) is 15.9 Å². The van der Waals surface area contributed by atoms with Gasteiger partial charge in [0.15, 0.2) is 6.04 Å². The maximum Gasteiger partial charge on any atom is 0.331 e. The second-order valence-corrected chi connectivity index (χ2v) is 5.11. The van der Waals surface area contributed by atoms with Crippen LogP contribution in [0.2, 0.25) is 0 Å². The van der Waals surface area contributed by atoms with E-state index in [-0.39, 0.29) is 0 Å². The van der Waals surface area contributed by atoms with Crippen molar-refractivity contribution in [2.45, 2.75) is 6.04 Å². The summed E-state index contributed by atoms with van der Waals surface area (Å²) in [5.74, 6) is -1.59. The summed E-state index contributed by atoms with van der Waals surface area (Å²) in [5.41, 5.74) is 0.814. The van der Waals surface area contributed by atoms with E-state index in [1.807, 2.05) is 0 Å². The van der Waals surface area contributed by atoms with Gasteiger partial charge in [-0.3, -0.25) is 9.48 Å². The number of rotatable bonds is 4. The zero-order valence-corrected chi connectivity index (χ0v) is 12.2. The highest BCUT2D eigenvalue weighted by Crippen LogP contribution is 2.15. The minimum atomic E-state index is -1.14. The quantitative estimate of drug-likeness (QED) is 0.889. The van der Waals surface area contributed by atoms with Crippen LogP contribution in [-0.4, -0.2) is 26.8 Å². The fraction of sp³-hybridized carbons (Fsp3) is 0.154. The molecule has 0 bridgehead atoms. The first-order valence-electron chi connectivity index (χ1n) is 5.75. The van der Waals surface area contributed by atoms with E-state index in [1.54, 1.807) is 37.5 Å². The number of amides is 1. The molecule has 7 heteroatoms. The number of carboxylic acid groups (broad SMARTS) is 1. The first-order valence-corrected chi connectivity index (χ1v) is 6.54. The average Bonchev–Trinajstić information content (AvgIpc) is 2.82. The average molecular weight is 338 g/mol. The lowest BCUT2D eigenvalue weighted by Gasteiger charge is -2.12. The van der Waals surface area contributed by atoms with E-state index >= 15 is 0 Å². The molecule has 1 atom stereocenters. The monoisotopic (exact) mass is 337 g/mol.